The summed E-state index contributed by atoms with van der Waals surface area (Å²) in [6.07, 6.45) is 2.20. The fraction of sp³-hybridized carbons (Fsp3) is 0.400. The number of hydrogen-bond donors (Lipinski definition) is 0. The Bertz CT molecular complexity index is 235. The minimum absolute atomic E-state index is 0.633. The number of ether oxygens (including phenoxy) is 1. The molecule has 0 amide bonds. The lowest BCUT2D eigenvalue weighted by Crippen LogP contribution is -1.96. The van der Waals surface area contributed by atoms with E-state index in [2.05, 4.69) is 13.0 Å². The molecule has 0 bridgehead atoms. The van der Waals surface area contributed by atoms with Crippen LogP contribution in [0.1, 0.15) is 19.8 Å². The van der Waals surface area contributed by atoms with Crippen LogP contribution in [0.2, 0.25) is 5.02 Å². The van der Waals surface area contributed by atoms with E-state index in [-0.39, 0.29) is 0 Å². The first-order valence-electron chi connectivity index (χ1n) is 4.13. The Labute approximate surface area is 78.3 Å². The van der Waals surface area contributed by atoms with Crippen LogP contribution in [-0.4, -0.2) is 6.61 Å². The molecule has 0 fully saturated rings. The lowest BCUT2D eigenvalue weighted by molar-refractivity contribution is 0.309. The van der Waals surface area contributed by atoms with E-state index in [1.165, 1.54) is 0 Å². The summed E-state index contributed by atoms with van der Waals surface area (Å²) >= 11 is 5.85. The Morgan fingerprint density at radius 1 is 1.58 bits per heavy atom. The van der Waals surface area contributed by atoms with E-state index in [9.17, 15) is 0 Å². The molecule has 1 radical (unpaired) electrons. The molecule has 0 spiro atoms. The maximum absolute atomic E-state index is 5.85. The van der Waals surface area contributed by atoms with Crippen molar-refractivity contribution in [1.82, 2.24) is 0 Å². The first-order chi connectivity index (χ1) is 5.84. The van der Waals surface area contributed by atoms with Gasteiger partial charge in [-0.1, -0.05) is 31.0 Å². The van der Waals surface area contributed by atoms with Crippen molar-refractivity contribution in [3.63, 3.8) is 0 Å². The summed E-state index contributed by atoms with van der Waals surface area (Å²) in [6, 6.07) is 8.22. The fourth-order valence-electron chi connectivity index (χ4n) is 0.839. The molecule has 0 atom stereocenters. The summed E-state index contributed by atoms with van der Waals surface area (Å²) in [6.45, 7) is 2.87. The Hall–Kier alpha value is -0.690. The summed E-state index contributed by atoms with van der Waals surface area (Å²) in [4.78, 5) is 0. The average molecular weight is 184 g/mol. The van der Waals surface area contributed by atoms with E-state index < -0.39 is 0 Å². The molecule has 65 valence electrons. The molecule has 0 aliphatic heterocycles. The minimum Gasteiger partial charge on any atom is -0.492 e. The van der Waals surface area contributed by atoms with Crippen molar-refractivity contribution in [2.75, 3.05) is 6.61 Å². The smallest absolute Gasteiger partial charge is 0.137 e. The zero-order chi connectivity index (χ0) is 8.81. The maximum Gasteiger partial charge on any atom is 0.137 e. The summed E-state index contributed by atoms with van der Waals surface area (Å²) < 4.78 is 5.43. The van der Waals surface area contributed by atoms with Gasteiger partial charge >= 0.3 is 0 Å². The van der Waals surface area contributed by atoms with Crippen LogP contribution in [0.4, 0.5) is 0 Å². The monoisotopic (exact) mass is 183 g/mol. The maximum atomic E-state index is 5.85. The van der Waals surface area contributed by atoms with Crippen LogP contribution in [0, 0.1) is 6.07 Å². The molecule has 0 saturated carbocycles. The number of halogens is 1. The Balaban J connectivity index is 2.46. The molecule has 1 aromatic rings. The molecular weight excluding hydrogens is 172 g/mol. The lowest BCUT2D eigenvalue weighted by atomic mass is 10.3. The largest absolute Gasteiger partial charge is 0.492 e. The Morgan fingerprint density at radius 2 is 2.42 bits per heavy atom. The van der Waals surface area contributed by atoms with E-state index in [1.54, 1.807) is 12.1 Å². The standard InChI is InChI=1S/C10H12ClO/c1-2-3-8-12-10-7-5-4-6-9(10)11/h5-7H,2-3,8H2,1H3. The third kappa shape index (κ3) is 2.74. The highest BCUT2D eigenvalue weighted by Gasteiger charge is 1.97. The van der Waals surface area contributed by atoms with E-state index in [1.807, 2.05) is 6.07 Å². The van der Waals surface area contributed by atoms with Crippen LogP contribution in [-0.2, 0) is 0 Å². The first-order valence-corrected chi connectivity index (χ1v) is 4.50. The molecule has 0 saturated heterocycles. The molecule has 0 aliphatic carbocycles. The number of benzene rings is 1. The van der Waals surface area contributed by atoms with E-state index in [0.717, 1.165) is 25.2 Å². The summed E-state index contributed by atoms with van der Waals surface area (Å²) in [7, 11) is 0. The Kier molecular flexibility index (Phi) is 3.95. The lowest BCUT2D eigenvalue weighted by Gasteiger charge is -2.05. The second-order valence-electron chi connectivity index (χ2n) is 2.56. The highest BCUT2D eigenvalue weighted by molar-refractivity contribution is 6.32. The van der Waals surface area contributed by atoms with Gasteiger partial charge in [0.25, 0.3) is 0 Å². The van der Waals surface area contributed by atoms with Gasteiger partial charge in [0.1, 0.15) is 5.75 Å². The SMILES string of the molecule is CCCCOc1cc[c]cc1Cl. The molecule has 1 aromatic carbocycles. The number of hydrogen-bond acceptors (Lipinski definition) is 1. The third-order valence-electron chi connectivity index (χ3n) is 1.53. The average Bonchev–Trinajstić information content (AvgIpc) is 2.09. The molecular formula is C10H12ClO. The molecule has 12 heavy (non-hydrogen) atoms. The summed E-state index contributed by atoms with van der Waals surface area (Å²) in [5.41, 5.74) is 0. The van der Waals surface area contributed by atoms with Crippen molar-refractivity contribution in [3.8, 4) is 5.75 Å². The zero-order valence-corrected chi connectivity index (χ0v) is 7.90. The zero-order valence-electron chi connectivity index (χ0n) is 7.14. The van der Waals surface area contributed by atoms with Gasteiger partial charge in [-0.2, -0.15) is 0 Å². The van der Waals surface area contributed by atoms with Crippen LogP contribution in [0.25, 0.3) is 0 Å². The van der Waals surface area contributed by atoms with Gasteiger partial charge in [0.15, 0.2) is 0 Å². The molecule has 0 aliphatic rings. The van der Waals surface area contributed by atoms with Crippen LogP contribution < -0.4 is 4.74 Å². The van der Waals surface area contributed by atoms with Crippen molar-refractivity contribution < 1.29 is 4.74 Å². The van der Waals surface area contributed by atoms with E-state index >= 15 is 0 Å². The topological polar surface area (TPSA) is 9.23 Å². The molecule has 0 N–H and O–H groups in total. The first kappa shape index (κ1) is 9.40. The van der Waals surface area contributed by atoms with Crippen molar-refractivity contribution in [1.29, 1.82) is 0 Å². The van der Waals surface area contributed by atoms with E-state index in [0.29, 0.717) is 5.02 Å². The van der Waals surface area contributed by atoms with Crippen LogP contribution in [0.15, 0.2) is 18.2 Å². The highest BCUT2D eigenvalue weighted by atomic mass is 35.5. The van der Waals surface area contributed by atoms with Gasteiger partial charge < -0.3 is 4.74 Å². The van der Waals surface area contributed by atoms with Gasteiger partial charge in [0.2, 0.25) is 0 Å². The Morgan fingerprint density at radius 3 is 3.08 bits per heavy atom. The van der Waals surface area contributed by atoms with Gasteiger partial charge in [0, 0.05) is 0 Å². The minimum atomic E-state index is 0.633. The van der Waals surface area contributed by atoms with Crippen molar-refractivity contribution in [3.05, 3.63) is 29.3 Å². The number of unbranched alkanes of at least 4 members (excludes halogenated alkanes) is 1. The summed E-state index contributed by atoms with van der Waals surface area (Å²) in [5, 5.41) is 0.633. The molecule has 0 heterocycles. The second-order valence-corrected chi connectivity index (χ2v) is 2.97. The predicted molar refractivity (Wildman–Crippen MR) is 50.7 cm³/mol. The van der Waals surface area contributed by atoms with Gasteiger partial charge in [-0.05, 0) is 24.6 Å². The fourth-order valence-corrected chi connectivity index (χ4v) is 1.02. The highest BCUT2D eigenvalue weighted by Crippen LogP contribution is 2.22. The number of rotatable bonds is 4. The van der Waals surface area contributed by atoms with Crippen LogP contribution in [0.5, 0.6) is 5.75 Å². The quantitative estimate of drug-likeness (QED) is 0.651. The normalized spacial score (nSPS) is 9.83. The second kappa shape index (κ2) is 5.04. The molecule has 1 rings (SSSR count). The van der Waals surface area contributed by atoms with Gasteiger partial charge in [-0.3, -0.25) is 0 Å². The van der Waals surface area contributed by atoms with Gasteiger partial charge in [-0.25, -0.2) is 0 Å². The van der Waals surface area contributed by atoms with Gasteiger partial charge in [0.05, 0.1) is 11.6 Å². The molecule has 0 aromatic heterocycles. The molecule has 1 nitrogen and oxygen atoms in total. The van der Waals surface area contributed by atoms with Crippen LogP contribution in [0.3, 0.4) is 0 Å². The predicted octanol–water partition coefficient (Wildman–Crippen LogP) is 3.32. The molecule has 0 unspecified atom stereocenters. The van der Waals surface area contributed by atoms with Crippen LogP contribution >= 0.6 is 11.6 Å². The molecule has 2 heteroatoms. The summed E-state index contributed by atoms with van der Waals surface area (Å²) in [5.74, 6) is 0.754. The van der Waals surface area contributed by atoms with Crippen molar-refractivity contribution in [2.24, 2.45) is 0 Å². The van der Waals surface area contributed by atoms with Crippen molar-refractivity contribution in [2.45, 2.75) is 19.8 Å². The van der Waals surface area contributed by atoms with Gasteiger partial charge in [-0.15, -0.1) is 0 Å². The third-order valence-corrected chi connectivity index (χ3v) is 1.83. The van der Waals surface area contributed by atoms with Crippen molar-refractivity contribution >= 4 is 11.6 Å². The van der Waals surface area contributed by atoms with E-state index in [4.69, 9.17) is 16.3 Å².